The summed E-state index contributed by atoms with van der Waals surface area (Å²) < 4.78 is 42.6. The third-order valence-electron chi connectivity index (χ3n) is 4.35. The summed E-state index contributed by atoms with van der Waals surface area (Å²) in [5, 5.41) is 7.84. The highest BCUT2D eigenvalue weighted by molar-refractivity contribution is 9.11. The average molecular weight is 656 g/mol. The van der Waals surface area contributed by atoms with Crippen LogP contribution in [-0.4, -0.2) is 37.7 Å². The molecular formula is C22H21Br3F3N3O2. The Morgan fingerprint density at radius 1 is 0.970 bits per heavy atom. The van der Waals surface area contributed by atoms with Crippen molar-refractivity contribution >= 4 is 65.8 Å². The third-order valence-corrected chi connectivity index (χ3v) is 5.92. The van der Waals surface area contributed by atoms with Crippen molar-refractivity contribution in [2.45, 2.75) is 19.0 Å². The first-order valence-electron chi connectivity index (χ1n) is 9.81. The highest BCUT2D eigenvalue weighted by atomic mass is 79.9. The van der Waals surface area contributed by atoms with Crippen LogP contribution in [0.1, 0.15) is 34.3 Å². The van der Waals surface area contributed by atoms with Gasteiger partial charge in [-0.3, -0.25) is 4.79 Å². The van der Waals surface area contributed by atoms with Crippen LogP contribution in [0.3, 0.4) is 0 Å². The minimum absolute atomic E-state index is 0.0938. The maximum atomic E-state index is 13.7. The molecule has 5 nitrogen and oxygen atoms in total. The minimum Gasteiger partial charge on any atom is -0.350 e. The van der Waals surface area contributed by atoms with Crippen LogP contribution in [0.15, 0.2) is 55.9 Å². The normalized spacial score (nSPS) is 12.5. The summed E-state index contributed by atoms with van der Waals surface area (Å²) in [4.78, 5) is 23.7. The molecule has 0 saturated heterocycles. The molecule has 0 aliphatic rings. The lowest BCUT2D eigenvalue weighted by Gasteiger charge is -2.18. The van der Waals surface area contributed by atoms with Gasteiger partial charge >= 0.3 is 12.2 Å². The summed E-state index contributed by atoms with van der Waals surface area (Å²) in [7, 11) is 0. The largest absolute Gasteiger partial charge is 0.399 e. The van der Waals surface area contributed by atoms with Gasteiger partial charge in [0.25, 0.3) is 5.91 Å². The van der Waals surface area contributed by atoms with E-state index in [2.05, 4.69) is 63.7 Å². The number of urea groups is 1. The van der Waals surface area contributed by atoms with Gasteiger partial charge in [-0.2, -0.15) is 13.2 Å². The van der Waals surface area contributed by atoms with Crippen molar-refractivity contribution in [2.24, 2.45) is 0 Å². The summed E-state index contributed by atoms with van der Waals surface area (Å²) in [6.45, 7) is 2.76. The second-order valence-corrected chi connectivity index (χ2v) is 9.55. The maximum absolute atomic E-state index is 13.7. The van der Waals surface area contributed by atoms with Crippen LogP contribution in [-0.2, 0) is 0 Å². The highest BCUT2D eigenvalue weighted by Gasteiger charge is 2.39. The Morgan fingerprint density at radius 2 is 1.61 bits per heavy atom. The van der Waals surface area contributed by atoms with Crippen molar-refractivity contribution in [3.63, 3.8) is 0 Å². The number of amides is 3. The van der Waals surface area contributed by atoms with Gasteiger partial charge in [-0.15, -0.1) is 0 Å². The van der Waals surface area contributed by atoms with E-state index in [1.165, 1.54) is 24.3 Å². The number of allylic oxidation sites excluding steroid dienone is 1. The molecule has 1 atom stereocenters. The number of nitrogens with one attached hydrogen (secondary N) is 3. The van der Waals surface area contributed by atoms with E-state index in [0.717, 1.165) is 6.08 Å². The standard InChI is InChI=1S/C22H21Br3F3N3O2/c1-2-29-21(33)31-8-7-30-20(32)17-5-3-13(9-19(17)25)4-6-18(22(26,27)28)14-10-15(23)12-16(24)11-14/h3-6,9-12,18H,2,7-8H2,1H3,(H,30,32)(H2,29,31,33)/b6-4+. The summed E-state index contributed by atoms with van der Waals surface area (Å²) in [5.74, 6) is -2.17. The summed E-state index contributed by atoms with van der Waals surface area (Å²) in [5.41, 5.74) is 0.921. The number of hydrogen-bond acceptors (Lipinski definition) is 2. The highest BCUT2D eigenvalue weighted by Crippen LogP contribution is 2.38. The van der Waals surface area contributed by atoms with Crippen LogP contribution in [0.4, 0.5) is 18.0 Å². The van der Waals surface area contributed by atoms with Gasteiger partial charge in [0.05, 0.1) is 11.5 Å². The zero-order chi connectivity index (χ0) is 24.6. The van der Waals surface area contributed by atoms with Crippen molar-refractivity contribution in [2.75, 3.05) is 19.6 Å². The molecule has 3 amide bonds. The molecule has 11 heteroatoms. The van der Waals surface area contributed by atoms with Gasteiger partial charge < -0.3 is 16.0 Å². The molecule has 0 aliphatic heterocycles. The number of alkyl halides is 3. The molecule has 0 aromatic heterocycles. The van der Waals surface area contributed by atoms with E-state index in [1.54, 1.807) is 25.1 Å². The van der Waals surface area contributed by atoms with Crippen molar-refractivity contribution in [3.05, 3.63) is 72.6 Å². The number of carbonyl (C=O) groups excluding carboxylic acids is 2. The number of halogens is 6. The van der Waals surface area contributed by atoms with Crippen molar-refractivity contribution in [1.29, 1.82) is 0 Å². The maximum Gasteiger partial charge on any atom is 0.399 e. The second-order valence-electron chi connectivity index (χ2n) is 6.86. The van der Waals surface area contributed by atoms with Gasteiger partial charge in [0, 0.05) is 33.1 Å². The topological polar surface area (TPSA) is 70.2 Å². The minimum atomic E-state index is -4.48. The van der Waals surface area contributed by atoms with Crippen LogP contribution >= 0.6 is 47.8 Å². The molecule has 0 fully saturated rings. The first-order chi connectivity index (χ1) is 15.5. The second kappa shape index (κ2) is 12.6. The SMILES string of the molecule is CCNC(=O)NCCNC(=O)c1ccc(/C=C/C(c2cc(Br)cc(Br)c2)C(F)(F)F)cc1Br. The Morgan fingerprint density at radius 3 is 2.18 bits per heavy atom. The number of rotatable bonds is 8. The molecule has 2 aromatic carbocycles. The van der Waals surface area contributed by atoms with E-state index >= 15 is 0 Å². The van der Waals surface area contributed by atoms with Crippen LogP contribution in [0.2, 0.25) is 0 Å². The number of hydrogen-bond donors (Lipinski definition) is 3. The van der Waals surface area contributed by atoms with Gasteiger partial charge in [-0.25, -0.2) is 4.79 Å². The van der Waals surface area contributed by atoms with Gasteiger partial charge in [-0.1, -0.05) is 50.1 Å². The molecule has 178 valence electrons. The molecule has 0 bridgehead atoms. The monoisotopic (exact) mass is 653 g/mol. The molecule has 1 unspecified atom stereocenters. The molecule has 2 aromatic rings. The number of carbonyl (C=O) groups is 2. The molecule has 3 N–H and O–H groups in total. The molecule has 2 rings (SSSR count). The molecular weight excluding hydrogens is 635 g/mol. The van der Waals surface area contributed by atoms with Crippen molar-refractivity contribution < 1.29 is 22.8 Å². The van der Waals surface area contributed by atoms with Gasteiger partial charge in [-0.05, 0) is 64.3 Å². The predicted octanol–water partition coefficient (Wildman–Crippen LogP) is 6.38. The molecule has 0 heterocycles. The van der Waals surface area contributed by atoms with Crippen molar-refractivity contribution in [1.82, 2.24) is 16.0 Å². The van der Waals surface area contributed by atoms with Gasteiger partial charge in [0.2, 0.25) is 0 Å². The molecule has 0 saturated carbocycles. The van der Waals surface area contributed by atoms with Crippen LogP contribution in [0.25, 0.3) is 6.08 Å². The lowest BCUT2D eigenvalue weighted by molar-refractivity contribution is -0.139. The van der Waals surface area contributed by atoms with Crippen LogP contribution in [0, 0.1) is 0 Å². The van der Waals surface area contributed by atoms with Crippen LogP contribution in [0.5, 0.6) is 0 Å². The zero-order valence-corrected chi connectivity index (χ0v) is 22.2. The van der Waals surface area contributed by atoms with E-state index in [4.69, 9.17) is 0 Å². The fourth-order valence-corrected chi connectivity index (χ4v) is 4.77. The summed E-state index contributed by atoms with van der Waals surface area (Å²) >= 11 is 9.75. The number of benzene rings is 2. The molecule has 33 heavy (non-hydrogen) atoms. The summed E-state index contributed by atoms with van der Waals surface area (Å²) in [6.07, 6.45) is -2.02. The van der Waals surface area contributed by atoms with Crippen LogP contribution < -0.4 is 16.0 Å². The van der Waals surface area contributed by atoms with Gasteiger partial charge in [0.15, 0.2) is 0 Å². The third kappa shape index (κ3) is 8.78. The fourth-order valence-electron chi connectivity index (χ4n) is 2.86. The van der Waals surface area contributed by atoms with E-state index in [0.29, 0.717) is 31.1 Å². The smallest absolute Gasteiger partial charge is 0.350 e. The van der Waals surface area contributed by atoms with E-state index in [1.807, 2.05) is 0 Å². The molecule has 0 radical (unpaired) electrons. The van der Waals surface area contributed by atoms with E-state index in [-0.39, 0.29) is 30.6 Å². The average Bonchev–Trinajstić information content (AvgIpc) is 2.70. The fraction of sp³-hybridized carbons (Fsp3) is 0.273. The Kier molecular flexibility index (Phi) is 10.4. The van der Waals surface area contributed by atoms with E-state index < -0.39 is 12.1 Å². The van der Waals surface area contributed by atoms with Gasteiger partial charge in [0.1, 0.15) is 0 Å². The zero-order valence-electron chi connectivity index (χ0n) is 17.4. The first-order valence-corrected chi connectivity index (χ1v) is 12.2. The summed E-state index contributed by atoms with van der Waals surface area (Å²) in [6, 6.07) is 8.85. The Bertz CT molecular complexity index is 1010. The Labute approximate surface area is 215 Å². The van der Waals surface area contributed by atoms with E-state index in [9.17, 15) is 22.8 Å². The first kappa shape index (κ1) is 27.4. The Hall–Kier alpha value is -1.85. The van der Waals surface area contributed by atoms with Crippen molar-refractivity contribution in [3.8, 4) is 0 Å². The molecule has 0 aliphatic carbocycles. The molecule has 0 spiro atoms. The Balaban J connectivity index is 2.09. The quantitative estimate of drug-likeness (QED) is 0.289. The predicted molar refractivity (Wildman–Crippen MR) is 133 cm³/mol. The lowest BCUT2D eigenvalue weighted by atomic mass is 9.97. The lowest BCUT2D eigenvalue weighted by Crippen LogP contribution is -2.40.